The van der Waals surface area contributed by atoms with Gasteiger partial charge in [0.25, 0.3) is 0 Å². The predicted molar refractivity (Wildman–Crippen MR) is 138 cm³/mol. The van der Waals surface area contributed by atoms with E-state index in [-0.39, 0.29) is 6.41 Å². The molecule has 5 heterocycles. The number of amides is 1. The van der Waals surface area contributed by atoms with Crippen LogP contribution in [0.15, 0.2) is 36.7 Å². The Morgan fingerprint density at radius 2 is 1.65 bits per heavy atom. The summed E-state index contributed by atoms with van der Waals surface area (Å²) in [6.45, 7) is 9.15. The molecule has 5 rings (SSSR count). The highest BCUT2D eigenvalue weighted by atomic mass is 16.1. The van der Waals surface area contributed by atoms with Gasteiger partial charge in [0.1, 0.15) is 11.6 Å². The largest absolute Gasteiger partial charge is 0.372 e. The molecule has 0 bridgehead atoms. The van der Waals surface area contributed by atoms with Gasteiger partial charge in [0, 0.05) is 75.7 Å². The van der Waals surface area contributed by atoms with Crippen LogP contribution in [-0.2, 0) is 11.8 Å². The number of piperidine rings is 1. The molecule has 9 nitrogen and oxygen atoms in total. The summed E-state index contributed by atoms with van der Waals surface area (Å²) < 4.78 is 2.19. The number of likely N-dealkylation sites (N-methyl/N-ethyl adjacent to an activating group) is 1. The van der Waals surface area contributed by atoms with Crippen LogP contribution in [0, 0.1) is 6.92 Å². The molecule has 2 aliphatic heterocycles. The van der Waals surface area contributed by atoms with E-state index in [1.165, 1.54) is 55.9 Å². The lowest BCUT2D eigenvalue weighted by atomic mass is 10.0. The highest BCUT2D eigenvalue weighted by Crippen LogP contribution is 2.25. The molecule has 2 aliphatic rings. The van der Waals surface area contributed by atoms with Crippen molar-refractivity contribution < 1.29 is 4.79 Å². The lowest BCUT2D eigenvalue weighted by molar-refractivity contribution is -0.106. The Labute approximate surface area is 201 Å². The number of carbonyl (C=O) groups excluding carboxylic acids is 1. The molecule has 0 spiro atoms. The van der Waals surface area contributed by atoms with E-state index < -0.39 is 0 Å². The first-order valence-electron chi connectivity index (χ1n) is 12.0. The van der Waals surface area contributed by atoms with Crippen molar-refractivity contribution in [2.45, 2.75) is 25.8 Å². The number of aromatic nitrogens is 3. The van der Waals surface area contributed by atoms with Gasteiger partial charge in [0.15, 0.2) is 0 Å². The van der Waals surface area contributed by atoms with Crippen molar-refractivity contribution in [2.24, 2.45) is 12.8 Å². The molecule has 3 N–H and O–H groups in total. The van der Waals surface area contributed by atoms with Gasteiger partial charge in [-0.3, -0.25) is 9.69 Å². The quantitative estimate of drug-likeness (QED) is 0.572. The number of rotatable bonds is 4. The first kappa shape index (κ1) is 24.0. The molecule has 3 aromatic heterocycles. The fraction of sp³-hybridized carbons (Fsp3) is 0.480. The number of nitrogens with one attached hydrogen (secondary N) is 1. The molecule has 0 atom stereocenters. The Balaban J connectivity index is 0.000000868. The second-order valence-electron chi connectivity index (χ2n) is 9.19. The fourth-order valence-corrected chi connectivity index (χ4v) is 4.89. The Morgan fingerprint density at radius 3 is 2.29 bits per heavy atom. The number of primary amides is 1. The van der Waals surface area contributed by atoms with Gasteiger partial charge in [-0.1, -0.05) is 0 Å². The molecule has 2 fully saturated rings. The molecule has 2 saturated heterocycles. The van der Waals surface area contributed by atoms with E-state index in [1.54, 1.807) is 0 Å². The minimum atomic E-state index is 0.250. The molecule has 1 amide bonds. The lowest BCUT2D eigenvalue weighted by Crippen LogP contribution is -2.52. The van der Waals surface area contributed by atoms with Crippen LogP contribution in [0.5, 0.6) is 0 Å². The van der Waals surface area contributed by atoms with Crippen LogP contribution >= 0.6 is 0 Å². The first-order chi connectivity index (χ1) is 16.5. The fourth-order valence-electron chi connectivity index (χ4n) is 4.89. The molecule has 34 heavy (non-hydrogen) atoms. The van der Waals surface area contributed by atoms with Gasteiger partial charge in [0.2, 0.25) is 6.41 Å². The van der Waals surface area contributed by atoms with E-state index >= 15 is 0 Å². The average molecular weight is 465 g/mol. The van der Waals surface area contributed by atoms with Crippen LogP contribution in [0.2, 0.25) is 0 Å². The van der Waals surface area contributed by atoms with Crippen molar-refractivity contribution in [1.82, 2.24) is 24.3 Å². The van der Waals surface area contributed by atoms with E-state index in [0.29, 0.717) is 0 Å². The van der Waals surface area contributed by atoms with Gasteiger partial charge in [-0.05, 0) is 45.0 Å². The summed E-state index contributed by atoms with van der Waals surface area (Å²) in [5, 5.41) is 4.51. The Morgan fingerprint density at radius 1 is 0.971 bits per heavy atom. The molecule has 182 valence electrons. The number of hydrogen-bond acceptors (Lipinski definition) is 7. The van der Waals surface area contributed by atoms with Crippen molar-refractivity contribution in [3.63, 3.8) is 0 Å². The van der Waals surface area contributed by atoms with Crippen molar-refractivity contribution in [3.8, 4) is 0 Å². The smallest absolute Gasteiger partial charge is 0.204 e. The normalized spacial score (nSPS) is 17.9. The SMILES string of the molecule is Cc1cc2cnc(Nc3ccc(N4CCC(N5CCN(C)CC5)CC4)cn3)cc2n1C.NC=O. The predicted octanol–water partition coefficient (Wildman–Crippen LogP) is 2.34. The topological polar surface area (TPSA) is 95.6 Å². The van der Waals surface area contributed by atoms with Crippen LogP contribution in [0.4, 0.5) is 17.3 Å². The van der Waals surface area contributed by atoms with Crippen LogP contribution in [0.3, 0.4) is 0 Å². The van der Waals surface area contributed by atoms with Crippen molar-refractivity contribution >= 4 is 34.6 Å². The molecule has 3 aromatic rings. The monoisotopic (exact) mass is 464 g/mol. The summed E-state index contributed by atoms with van der Waals surface area (Å²) in [6.07, 6.45) is 6.64. The summed E-state index contributed by atoms with van der Waals surface area (Å²) in [5.74, 6) is 1.65. The van der Waals surface area contributed by atoms with Crippen LogP contribution in [0.25, 0.3) is 10.9 Å². The number of aryl methyl sites for hydroxylation is 2. The number of carbonyl (C=O) groups is 1. The van der Waals surface area contributed by atoms with Gasteiger partial charge in [-0.2, -0.15) is 0 Å². The van der Waals surface area contributed by atoms with E-state index in [0.717, 1.165) is 36.2 Å². The number of piperazine rings is 1. The summed E-state index contributed by atoms with van der Waals surface area (Å²) in [6, 6.07) is 9.22. The van der Waals surface area contributed by atoms with Gasteiger partial charge >= 0.3 is 0 Å². The van der Waals surface area contributed by atoms with E-state index in [4.69, 9.17) is 4.79 Å². The van der Waals surface area contributed by atoms with E-state index in [2.05, 4.69) is 85.6 Å². The van der Waals surface area contributed by atoms with Crippen LogP contribution in [0.1, 0.15) is 18.5 Å². The van der Waals surface area contributed by atoms with Crippen molar-refractivity contribution in [2.75, 3.05) is 56.5 Å². The molecular formula is C25H36N8O. The van der Waals surface area contributed by atoms with Gasteiger partial charge in [-0.15, -0.1) is 0 Å². The zero-order chi connectivity index (χ0) is 24.1. The Bertz CT molecular complexity index is 1080. The second kappa shape index (κ2) is 10.8. The number of fused-ring (bicyclic) bond motifs is 1. The number of nitrogens with zero attached hydrogens (tertiary/aromatic N) is 6. The molecule has 0 radical (unpaired) electrons. The number of anilines is 3. The van der Waals surface area contributed by atoms with Crippen LogP contribution in [-0.4, -0.2) is 83.1 Å². The Kier molecular flexibility index (Phi) is 7.64. The minimum Gasteiger partial charge on any atom is -0.372 e. The maximum absolute atomic E-state index is 8.58. The third-order valence-electron chi connectivity index (χ3n) is 7.05. The maximum atomic E-state index is 8.58. The third kappa shape index (κ3) is 5.48. The summed E-state index contributed by atoms with van der Waals surface area (Å²) in [7, 11) is 4.31. The molecule has 0 aliphatic carbocycles. The summed E-state index contributed by atoms with van der Waals surface area (Å²) in [4.78, 5) is 25.4. The zero-order valence-corrected chi connectivity index (χ0v) is 20.4. The first-order valence-corrected chi connectivity index (χ1v) is 12.0. The van der Waals surface area contributed by atoms with Crippen molar-refractivity contribution in [1.29, 1.82) is 0 Å². The Hall–Kier alpha value is -3.17. The maximum Gasteiger partial charge on any atom is 0.204 e. The molecule has 0 unspecified atom stereocenters. The number of nitrogens with two attached hydrogens (primary N) is 1. The van der Waals surface area contributed by atoms with Gasteiger partial charge in [-0.25, -0.2) is 9.97 Å². The second-order valence-corrected chi connectivity index (χ2v) is 9.19. The van der Waals surface area contributed by atoms with E-state index in [9.17, 15) is 0 Å². The summed E-state index contributed by atoms with van der Waals surface area (Å²) in [5.41, 5.74) is 7.78. The zero-order valence-electron chi connectivity index (χ0n) is 20.4. The standard InChI is InChI=1S/C24H33N7.CH3NO/c1-18-14-19-16-25-24(15-22(19)29(18)3)27-23-5-4-21(17-26-23)30-8-6-20(7-9-30)31-12-10-28(2)11-13-31;2-1-3/h4-5,14-17,20H,6-13H2,1-3H3,(H,25,26,27);1H,(H2,2,3). The molecule has 9 heteroatoms. The third-order valence-corrected chi connectivity index (χ3v) is 7.05. The highest BCUT2D eigenvalue weighted by Gasteiger charge is 2.26. The molecular weight excluding hydrogens is 428 g/mol. The minimum absolute atomic E-state index is 0.250. The van der Waals surface area contributed by atoms with Gasteiger partial charge < -0.3 is 25.4 Å². The van der Waals surface area contributed by atoms with Crippen molar-refractivity contribution in [3.05, 3.63) is 42.4 Å². The van der Waals surface area contributed by atoms with Gasteiger partial charge in [0.05, 0.1) is 17.4 Å². The summed E-state index contributed by atoms with van der Waals surface area (Å²) >= 11 is 0. The molecule has 0 saturated carbocycles. The van der Waals surface area contributed by atoms with Crippen LogP contribution < -0.4 is 16.0 Å². The average Bonchev–Trinajstić information content (AvgIpc) is 3.14. The molecule has 0 aromatic carbocycles. The lowest BCUT2D eigenvalue weighted by Gasteiger charge is -2.42. The number of hydrogen-bond donors (Lipinski definition) is 2. The highest BCUT2D eigenvalue weighted by molar-refractivity contribution is 5.83. The number of pyridine rings is 2. The van der Waals surface area contributed by atoms with E-state index in [1.807, 2.05) is 12.4 Å².